The van der Waals surface area contributed by atoms with Crippen molar-refractivity contribution in [2.24, 2.45) is 4.99 Å². The van der Waals surface area contributed by atoms with E-state index in [2.05, 4.69) is 4.99 Å². The second-order valence-corrected chi connectivity index (χ2v) is 9.72. The second-order valence-electron chi connectivity index (χ2n) is 7.30. The number of methoxy groups -OCH3 is 1. The zero-order chi connectivity index (χ0) is 23.1. The first-order valence-corrected chi connectivity index (χ1v) is 12.0. The van der Waals surface area contributed by atoms with Gasteiger partial charge in [-0.25, -0.2) is 9.79 Å². The highest BCUT2D eigenvalue weighted by molar-refractivity contribution is 7.10. The molecule has 0 saturated heterocycles. The lowest BCUT2D eigenvalue weighted by Crippen LogP contribution is -2.39. The summed E-state index contributed by atoms with van der Waals surface area (Å²) >= 11 is 8.70. The van der Waals surface area contributed by atoms with Crippen molar-refractivity contribution in [3.8, 4) is 11.3 Å². The third kappa shape index (κ3) is 3.90. The molecule has 166 valence electrons. The number of allylic oxidation sites excluding steroid dienone is 1. The lowest BCUT2D eigenvalue weighted by Gasteiger charge is -2.22. The van der Waals surface area contributed by atoms with E-state index in [0.717, 1.165) is 10.4 Å². The number of thiazole rings is 1. The number of halogens is 1. The Morgan fingerprint density at radius 2 is 2.00 bits per heavy atom. The zero-order valence-corrected chi connectivity index (χ0v) is 20.0. The van der Waals surface area contributed by atoms with Crippen LogP contribution in [0.5, 0.6) is 0 Å². The molecule has 0 bridgehead atoms. The standard InChI is InChI=1S/C24H17ClN2O4S2/c1-13-20(23(29)30-2)21(18-4-3-11-32-18)27-22(28)19(33-24(27)26-13)12-16-9-10-17(31-16)14-5-7-15(25)8-6-14/h3-12,21H,1-2H3/b19-12-/t21-/m1/s1. The summed E-state index contributed by atoms with van der Waals surface area (Å²) in [5.41, 5.74) is 1.55. The summed E-state index contributed by atoms with van der Waals surface area (Å²) in [7, 11) is 1.33. The van der Waals surface area contributed by atoms with E-state index < -0.39 is 12.0 Å². The number of hydrogen-bond acceptors (Lipinski definition) is 7. The van der Waals surface area contributed by atoms with Gasteiger partial charge in [0.1, 0.15) is 17.6 Å². The normalized spacial score (nSPS) is 16.0. The molecule has 0 radical (unpaired) electrons. The Hall–Kier alpha value is -3.20. The maximum atomic E-state index is 13.5. The van der Waals surface area contributed by atoms with Gasteiger partial charge in [-0.1, -0.05) is 29.0 Å². The van der Waals surface area contributed by atoms with Gasteiger partial charge < -0.3 is 9.15 Å². The first kappa shape index (κ1) is 21.6. The summed E-state index contributed by atoms with van der Waals surface area (Å²) in [6.07, 6.45) is 1.70. The van der Waals surface area contributed by atoms with Crippen LogP contribution in [0.15, 0.2) is 79.4 Å². The van der Waals surface area contributed by atoms with E-state index in [1.54, 1.807) is 29.7 Å². The Kier molecular flexibility index (Phi) is 5.65. The molecule has 0 amide bonds. The van der Waals surface area contributed by atoms with Crippen LogP contribution in [-0.2, 0) is 9.53 Å². The molecule has 0 aliphatic carbocycles. The van der Waals surface area contributed by atoms with Crippen molar-refractivity contribution in [3.63, 3.8) is 0 Å². The van der Waals surface area contributed by atoms with Gasteiger partial charge in [-0.3, -0.25) is 9.36 Å². The highest BCUT2D eigenvalue weighted by atomic mass is 35.5. The fourth-order valence-corrected chi connectivity index (χ4v) is 5.71. The van der Waals surface area contributed by atoms with Gasteiger partial charge in [0.15, 0.2) is 4.80 Å². The Morgan fingerprint density at radius 3 is 2.70 bits per heavy atom. The minimum absolute atomic E-state index is 0.240. The number of aromatic nitrogens is 1. The lowest BCUT2D eigenvalue weighted by molar-refractivity contribution is -0.136. The second kappa shape index (κ2) is 8.62. The molecule has 33 heavy (non-hydrogen) atoms. The smallest absolute Gasteiger partial charge is 0.338 e. The van der Waals surface area contributed by atoms with Gasteiger partial charge in [-0.05, 0) is 54.8 Å². The molecule has 0 fully saturated rings. The monoisotopic (exact) mass is 496 g/mol. The molecule has 4 aromatic rings. The van der Waals surface area contributed by atoms with Gasteiger partial charge in [0.05, 0.1) is 22.9 Å². The van der Waals surface area contributed by atoms with Crippen molar-refractivity contribution >= 4 is 46.3 Å². The molecule has 3 aromatic heterocycles. The summed E-state index contributed by atoms with van der Waals surface area (Å²) in [5, 5.41) is 2.56. The number of ether oxygens (including phenoxy) is 1. The van der Waals surface area contributed by atoms with E-state index in [0.29, 0.717) is 37.1 Å². The van der Waals surface area contributed by atoms with Crippen molar-refractivity contribution in [2.45, 2.75) is 13.0 Å². The Labute approximate surface area is 201 Å². The molecular weight excluding hydrogens is 480 g/mol. The Morgan fingerprint density at radius 1 is 1.21 bits per heavy atom. The first-order chi connectivity index (χ1) is 16.0. The van der Waals surface area contributed by atoms with Crippen LogP contribution in [0.3, 0.4) is 0 Å². The molecule has 0 spiro atoms. The van der Waals surface area contributed by atoms with Gasteiger partial charge in [0, 0.05) is 21.5 Å². The molecule has 4 heterocycles. The van der Waals surface area contributed by atoms with Crippen molar-refractivity contribution in [2.75, 3.05) is 7.11 Å². The fourth-order valence-electron chi connectivity index (χ4n) is 3.74. The van der Waals surface area contributed by atoms with Crippen LogP contribution in [0.2, 0.25) is 5.02 Å². The number of nitrogens with zero attached hydrogens (tertiary/aromatic N) is 2. The predicted molar refractivity (Wildman–Crippen MR) is 129 cm³/mol. The number of rotatable bonds is 4. The number of fused-ring (bicyclic) bond motifs is 1. The summed E-state index contributed by atoms with van der Waals surface area (Å²) in [6.45, 7) is 1.76. The average molecular weight is 497 g/mol. The van der Waals surface area contributed by atoms with Crippen LogP contribution < -0.4 is 14.9 Å². The maximum Gasteiger partial charge on any atom is 0.338 e. The van der Waals surface area contributed by atoms with Crippen LogP contribution >= 0.6 is 34.3 Å². The Balaban J connectivity index is 1.62. The highest BCUT2D eigenvalue weighted by Crippen LogP contribution is 2.33. The average Bonchev–Trinajstić information content (AvgIpc) is 3.55. The van der Waals surface area contributed by atoms with Crippen LogP contribution in [0, 0.1) is 0 Å². The van der Waals surface area contributed by atoms with E-state index >= 15 is 0 Å². The fraction of sp³-hybridized carbons (Fsp3) is 0.125. The van der Waals surface area contributed by atoms with E-state index in [9.17, 15) is 9.59 Å². The van der Waals surface area contributed by atoms with E-state index in [4.69, 9.17) is 20.8 Å². The summed E-state index contributed by atoms with van der Waals surface area (Å²) in [5.74, 6) is 0.718. The molecule has 9 heteroatoms. The minimum Gasteiger partial charge on any atom is -0.466 e. The quantitative estimate of drug-likeness (QED) is 0.393. The molecule has 6 nitrogen and oxygen atoms in total. The van der Waals surface area contributed by atoms with E-state index in [1.165, 1.54) is 29.8 Å². The zero-order valence-electron chi connectivity index (χ0n) is 17.6. The number of hydrogen-bond donors (Lipinski definition) is 0. The number of esters is 1. The van der Waals surface area contributed by atoms with Gasteiger partial charge in [0.2, 0.25) is 0 Å². The van der Waals surface area contributed by atoms with E-state index in [1.807, 2.05) is 41.8 Å². The van der Waals surface area contributed by atoms with Crippen LogP contribution in [-0.4, -0.2) is 17.6 Å². The van der Waals surface area contributed by atoms with Gasteiger partial charge in [-0.2, -0.15) is 0 Å². The first-order valence-electron chi connectivity index (χ1n) is 9.96. The maximum absolute atomic E-state index is 13.5. The van der Waals surface area contributed by atoms with Gasteiger partial charge in [0.25, 0.3) is 5.56 Å². The largest absolute Gasteiger partial charge is 0.466 e. The molecular formula is C24H17ClN2O4S2. The summed E-state index contributed by atoms with van der Waals surface area (Å²) < 4.78 is 13.0. The molecule has 1 aliphatic heterocycles. The topological polar surface area (TPSA) is 73.8 Å². The SMILES string of the molecule is COC(=O)C1=C(C)N=c2s/c(=C\c3ccc(-c4ccc(Cl)cc4)o3)c(=O)n2[C@@H]1c1cccs1. The summed E-state index contributed by atoms with van der Waals surface area (Å²) in [6, 6.07) is 14.2. The molecule has 1 aliphatic rings. The molecule has 5 rings (SSSR count). The van der Waals surface area contributed by atoms with Crippen molar-refractivity contribution in [1.29, 1.82) is 0 Å². The number of thiophene rings is 1. The number of carbonyl (C=O) groups excluding carboxylic acids is 1. The van der Waals surface area contributed by atoms with Crippen LogP contribution in [0.4, 0.5) is 0 Å². The molecule has 1 aromatic carbocycles. The molecule has 0 unspecified atom stereocenters. The van der Waals surface area contributed by atoms with Crippen molar-refractivity contribution < 1.29 is 13.9 Å². The van der Waals surface area contributed by atoms with Crippen molar-refractivity contribution in [3.05, 3.63) is 101 Å². The highest BCUT2D eigenvalue weighted by Gasteiger charge is 2.33. The lowest BCUT2D eigenvalue weighted by atomic mass is 10.0. The van der Waals surface area contributed by atoms with Gasteiger partial charge >= 0.3 is 5.97 Å². The molecule has 0 saturated carbocycles. The van der Waals surface area contributed by atoms with Crippen molar-refractivity contribution in [1.82, 2.24) is 4.57 Å². The van der Waals surface area contributed by atoms with Crippen LogP contribution in [0.1, 0.15) is 23.6 Å². The third-order valence-electron chi connectivity index (χ3n) is 5.27. The van der Waals surface area contributed by atoms with Crippen LogP contribution in [0.25, 0.3) is 17.4 Å². The molecule has 0 N–H and O–H groups in total. The third-order valence-corrected chi connectivity index (χ3v) is 7.43. The summed E-state index contributed by atoms with van der Waals surface area (Å²) in [4.78, 5) is 32.0. The number of benzene rings is 1. The molecule has 1 atom stereocenters. The number of furan rings is 1. The number of carbonyl (C=O) groups is 1. The van der Waals surface area contributed by atoms with E-state index in [-0.39, 0.29) is 5.56 Å². The Bertz CT molecular complexity index is 1560. The van der Waals surface area contributed by atoms with Gasteiger partial charge in [-0.15, -0.1) is 11.3 Å². The predicted octanol–water partition coefficient (Wildman–Crippen LogP) is 4.38. The minimum atomic E-state index is -0.586.